The van der Waals surface area contributed by atoms with Crippen LogP contribution in [0.3, 0.4) is 0 Å². The van der Waals surface area contributed by atoms with Crippen LogP contribution in [0.2, 0.25) is 0 Å². The highest BCUT2D eigenvalue weighted by molar-refractivity contribution is 5.71. The lowest BCUT2D eigenvalue weighted by Gasteiger charge is -2.10. The number of aryl methyl sites for hydroxylation is 2. The molecule has 0 aliphatic rings. The predicted octanol–water partition coefficient (Wildman–Crippen LogP) is 5.48. The van der Waals surface area contributed by atoms with Crippen molar-refractivity contribution in [2.75, 3.05) is 6.61 Å². The number of aliphatic carboxylic acids is 1. The lowest BCUT2D eigenvalue weighted by atomic mass is 10.1. The SMILES string of the molecule is CCCc1nn(-c2ccc(C(F)(F)F)cc2)cc1CCCOc1ccccc1CC(=O)O. The number of ether oxygens (including phenoxy) is 1. The first-order valence-corrected chi connectivity index (χ1v) is 10.5. The Morgan fingerprint density at radius 2 is 1.78 bits per heavy atom. The Balaban J connectivity index is 1.66. The molecule has 0 aliphatic heterocycles. The minimum Gasteiger partial charge on any atom is -0.493 e. The maximum absolute atomic E-state index is 12.8. The molecule has 0 atom stereocenters. The van der Waals surface area contributed by atoms with Crippen molar-refractivity contribution in [2.24, 2.45) is 0 Å². The Labute approximate surface area is 184 Å². The van der Waals surface area contributed by atoms with Gasteiger partial charge in [-0.3, -0.25) is 4.79 Å². The van der Waals surface area contributed by atoms with E-state index in [1.54, 1.807) is 28.9 Å². The predicted molar refractivity (Wildman–Crippen MR) is 114 cm³/mol. The van der Waals surface area contributed by atoms with Gasteiger partial charge in [0.15, 0.2) is 0 Å². The fraction of sp³-hybridized carbons (Fsp3) is 0.333. The van der Waals surface area contributed by atoms with E-state index < -0.39 is 17.7 Å². The molecule has 0 fully saturated rings. The van der Waals surface area contributed by atoms with Crippen LogP contribution in [0.15, 0.2) is 54.7 Å². The van der Waals surface area contributed by atoms with Gasteiger partial charge in [0.25, 0.3) is 0 Å². The van der Waals surface area contributed by atoms with Gasteiger partial charge in [-0.05, 0) is 55.2 Å². The van der Waals surface area contributed by atoms with Crippen LogP contribution in [0.4, 0.5) is 13.2 Å². The van der Waals surface area contributed by atoms with E-state index in [0.29, 0.717) is 36.4 Å². The normalized spacial score (nSPS) is 11.5. The number of carbonyl (C=O) groups is 1. The van der Waals surface area contributed by atoms with E-state index in [4.69, 9.17) is 9.84 Å². The smallest absolute Gasteiger partial charge is 0.416 e. The molecule has 170 valence electrons. The number of carboxylic acid groups (broad SMARTS) is 1. The Morgan fingerprint density at radius 1 is 1.06 bits per heavy atom. The van der Waals surface area contributed by atoms with Gasteiger partial charge in [-0.25, -0.2) is 4.68 Å². The monoisotopic (exact) mass is 446 g/mol. The van der Waals surface area contributed by atoms with Gasteiger partial charge in [-0.2, -0.15) is 18.3 Å². The maximum Gasteiger partial charge on any atom is 0.416 e. The van der Waals surface area contributed by atoms with Gasteiger partial charge < -0.3 is 9.84 Å². The van der Waals surface area contributed by atoms with Crippen LogP contribution in [0.5, 0.6) is 5.75 Å². The topological polar surface area (TPSA) is 64.4 Å². The summed E-state index contributed by atoms with van der Waals surface area (Å²) < 4.78 is 45.8. The Hall–Kier alpha value is -3.29. The molecular formula is C24H25F3N2O3. The highest BCUT2D eigenvalue weighted by atomic mass is 19.4. The van der Waals surface area contributed by atoms with Gasteiger partial charge in [-0.1, -0.05) is 31.5 Å². The zero-order valence-electron chi connectivity index (χ0n) is 17.7. The average molecular weight is 446 g/mol. The number of hydrogen-bond donors (Lipinski definition) is 1. The Kier molecular flexibility index (Phi) is 7.56. The van der Waals surface area contributed by atoms with Gasteiger partial charge in [0.05, 0.1) is 30.0 Å². The molecule has 1 heterocycles. The molecular weight excluding hydrogens is 421 g/mol. The van der Waals surface area contributed by atoms with Crippen molar-refractivity contribution in [1.29, 1.82) is 0 Å². The molecule has 0 amide bonds. The Bertz CT molecular complexity index is 1040. The first kappa shape index (κ1) is 23.4. The molecule has 0 radical (unpaired) electrons. The number of hydrogen-bond acceptors (Lipinski definition) is 3. The minimum atomic E-state index is -4.37. The number of para-hydroxylation sites is 1. The fourth-order valence-corrected chi connectivity index (χ4v) is 3.44. The second kappa shape index (κ2) is 10.3. The van der Waals surface area contributed by atoms with E-state index >= 15 is 0 Å². The molecule has 0 saturated heterocycles. The molecule has 1 aromatic heterocycles. The third-order valence-electron chi connectivity index (χ3n) is 4.99. The number of carboxylic acids is 1. The third kappa shape index (κ3) is 6.12. The lowest BCUT2D eigenvalue weighted by Crippen LogP contribution is -2.05. The molecule has 0 aliphatic carbocycles. The van der Waals surface area contributed by atoms with E-state index in [-0.39, 0.29) is 6.42 Å². The van der Waals surface area contributed by atoms with Crippen molar-refractivity contribution in [3.63, 3.8) is 0 Å². The van der Waals surface area contributed by atoms with E-state index in [1.165, 1.54) is 12.1 Å². The largest absolute Gasteiger partial charge is 0.493 e. The molecule has 5 nitrogen and oxygen atoms in total. The van der Waals surface area contributed by atoms with E-state index in [9.17, 15) is 18.0 Å². The third-order valence-corrected chi connectivity index (χ3v) is 4.99. The van der Waals surface area contributed by atoms with Gasteiger partial charge in [0.2, 0.25) is 0 Å². The summed E-state index contributed by atoms with van der Waals surface area (Å²) in [5, 5.41) is 13.6. The number of rotatable bonds is 10. The summed E-state index contributed by atoms with van der Waals surface area (Å²) in [6, 6.07) is 12.0. The number of halogens is 3. The van der Waals surface area contributed by atoms with Gasteiger partial charge >= 0.3 is 12.1 Å². The summed E-state index contributed by atoms with van der Waals surface area (Å²) in [7, 11) is 0. The molecule has 0 spiro atoms. The lowest BCUT2D eigenvalue weighted by molar-refractivity contribution is -0.138. The molecule has 0 unspecified atom stereocenters. The second-order valence-electron chi connectivity index (χ2n) is 7.47. The Morgan fingerprint density at radius 3 is 2.44 bits per heavy atom. The van der Waals surface area contributed by atoms with Crippen LogP contribution in [0.25, 0.3) is 5.69 Å². The molecule has 1 N–H and O–H groups in total. The van der Waals surface area contributed by atoms with Crippen LogP contribution in [-0.4, -0.2) is 27.5 Å². The van der Waals surface area contributed by atoms with Crippen molar-refractivity contribution in [3.8, 4) is 11.4 Å². The fourth-order valence-electron chi connectivity index (χ4n) is 3.44. The highest BCUT2D eigenvalue weighted by Crippen LogP contribution is 2.29. The van der Waals surface area contributed by atoms with Crippen LogP contribution in [0, 0.1) is 0 Å². The molecule has 32 heavy (non-hydrogen) atoms. The average Bonchev–Trinajstić information content (AvgIpc) is 3.14. The van der Waals surface area contributed by atoms with E-state index in [2.05, 4.69) is 5.10 Å². The summed E-state index contributed by atoms with van der Waals surface area (Å²) in [6.07, 6.45) is 0.433. The van der Waals surface area contributed by atoms with Crippen LogP contribution in [-0.2, 0) is 30.2 Å². The molecule has 2 aromatic carbocycles. The summed E-state index contributed by atoms with van der Waals surface area (Å²) in [6.45, 7) is 2.46. The highest BCUT2D eigenvalue weighted by Gasteiger charge is 2.30. The van der Waals surface area contributed by atoms with Gasteiger partial charge in [0, 0.05) is 11.8 Å². The maximum atomic E-state index is 12.8. The minimum absolute atomic E-state index is 0.100. The van der Waals surface area contributed by atoms with E-state index in [0.717, 1.165) is 36.2 Å². The summed E-state index contributed by atoms with van der Waals surface area (Å²) >= 11 is 0. The van der Waals surface area contributed by atoms with Gasteiger partial charge in [-0.15, -0.1) is 0 Å². The summed E-state index contributed by atoms with van der Waals surface area (Å²) in [4.78, 5) is 11.0. The molecule has 8 heteroatoms. The van der Waals surface area contributed by atoms with Crippen molar-refractivity contribution >= 4 is 5.97 Å². The molecule has 0 bridgehead atoms. The standard InChI is InChI=1S/C24H25F3N2O3/c1-2-6-21-18(8-5-14-32-22-9-4-3-7-17(22)15-23(30)31)16-29(28-21)20-12-10-19(11-13-20)24(25,26)27/h3-4,7,9-13,16H,2,5-6,8,14-15H2,1H3,(H,30,31). The second-order valence-corrected chi connectivity index (χ2v) is 7.47. The van der Waals surface area contributed by atoms with Crippen molar-refractivity contribution in [2.45, 2.75) is 45.2 Å². The number of benzene rings is 2. The molecule has 3 aromatic rings. The van der Waals surface area contributed by atoms with Crippen molar-refractivity contribution < 1.29 is 27.8 Å². The van der Waals surface area contributed by atoms with Crippen LogP contribution >= 0.6 is 0 Å². The first-order chi connectivity index (χ1) is 15.3. The van der Waals surface area contributed by atoms with Crippen LogP contribution < -0.4 is 4.74 Å². The number of aromatic nitrogens is 2. The van der Waals surface area contributed by atoms with Crippen molar-refractivity contribution in [1.82, 2.24) is 9.78 Å². The van der Waals surface area contributed by atoms with Crippen LogP contribution in [0.1, 0.15) is 42.1 Å². The number of nitrogens with zero attached hydrogens (tertiary/aromatic N) is 2. The zero-order chi connectivity index (χ0) is 23.1. The van der Waals surface area contributed by atoms with Crippen molar-refractivity contribution in [3.05, 3.63) is 77.1 Å². The quantitative estimate of drug-likeness (QED) is 0.419. The molecule has 0 saturated carbocycles. The summed E-state index contributed by atoms with van der Waals surface area (Å²) in [5.41, 5.74) is 2.44. The van der Waals surface area contributed by atoms with Gasteiger partial charge in [0.1, 0.15) is 5.75 Å². The number of alkyl halides is 3. The zero-order valence-corrected chi connectivity index (χ0v) is 17.7. The first-order valence-electron chi connectivity index (χ1n) is 10.5. The van der Waals surface area contributed by atoms with E-state index in [1.807, 2.05) is 13.1 Å². The molecule has 3 rings (SSSR count). The summed E-state index contributed by atoms with van der Waals surface area (Å²) in [5.74, 6) is -0.356.